The Morgan fingerprint density at radius 1 is 1.30 bits per heavy atom. The van der Waals surface area contributed by atoms with E-state index >= 15 is 0 Å². The van der Waals surface area contributed by atoms with Gasteiger partial charge in [-0.25, -0.2) is 8.42 Å². The predicted octanol–water partition coefficient (Wildman–Crippen LogP) is 1.43. The van der Waals surface area contributed by atoms with Crippen LogP contribution in [0.5, 0.6) is 0 Å². The summed E-state index contributed by atoms with van der Waals surface area (Å²) in [4.78, 5) is 0. The van der Waals surface area contributed by atoms with Crippen LogP contribution < -0.4 is 0 Å². The molecule has 0 bridgehead atoms. The lowest BCUT2D eigenvalue weighted by Gasteiger charge is -1.95. The van der Waals surface area contributed by atoms with Crippen LogP contribution in [0.15, 0.2) is 0 Å². The second-order valence-electron chi connectivity index (χ2n) is 2.53. The van der Waals surface area contributed by atoms with E-state index in [0.717, 1.165) is 19.3 Å². The Morgan fingerprint density at radius 2 is 1.90 bits per heavy atom. The number of hydrogen-bond acceptors (Lipinski definition) is 2. The van der Waals surface area contributed by atoms with Gasteiger partial charge in [0.05, 0.1) is 0 Å². The lowest BCUT2D eigenvalue weighted by molar-refractivity contribution is 0.597. The highest BCUT2D eigenvalue weighted by Crippen LogP contribution is 1.99. The smallest absolute Gasteiger partial charge is 0.147 e. The van der Waals surface area contributed by atoms with Gasteiger partial charge < -0.3 is 0 Å². The summed E-state index contributed by atoms with van der Waals surface area (Å²) in [5.41, 5.74) is 0. The molecule has 0 unspecified atom stereocenters. The van der Waals surface area contributed by atoms with Crippen LogP contribution in [-0.2, 0) is 9.84 Å². The average molecular weight is 163 g/mol. The molecule has 1 radical (unpaired) electrons. The summed E-state index contributed by atoms with van der Waals surface area (Å²) < 4.78 is 21.2. The maximum Gasteiger partial charge on any atom is 0.147 e. The molecule has 0 amide bonds. The molecule has 3 heteroatoms. The topological polar surface area (TPSA) is 34.1 Å². The van der Waals surface area contributed by atoms with E-state index in [9.17, 15) is 8.42 Å². The van der Waals surface area contributed by atoms with Crippen molar-refractivity contribution in [1.29, 1.82) is 0 Å². The molecule has 0 saturated heterocycles. The first-order chi connectivity index (χ1) is 4.56. The molecular formula is C7H15O2S. The third-order valence-corrected chi connectivity index (χ3v) is 2.29. The number of sulfone groups is 1. The van der Waals surface area contributed by atoms with E-state index in [2.05, 4.69) is 6.42 Å². The second-order valence-corrected chi connectivity index (χ2v) is 4.79. The van der Waals surface area contributed by atoms with Gasteiger partial charge in [-0.15, -0.1) is 0 Å². The normalized spacial score (nSPS) is 11.8. The number of hydrogen-bond donors (Lipinski definition) is 0. The Labute approximate surface area is 63.6 Å². The summed E-state index contributed by atoms with van der Waals surface area (Å²) in [5.74, 6) is 0.334. The van der Waals surface area contributed by atoms with Crippen LogP contribution in [0.2, 0.25) is 0 Å². The molecule has 0 fully saturated rings. The minimum absolute atomic E-state index is 0.334. The van der Waals surface area contributed by atoms with Crippen molar-refractivity contribution < 1.29 is 8.42 Å². The monoisotopic (exact) mass is 163 g/mol. The van der Waals surface area contributed by atoms with Crippen molar-refractivity contribution in [2.75, 3.05) is 12.0 Å². The quantitative estimate of drug-likeness (QED) is 0.574. The highest BCUT2D eigenvalue weighted by atomic mass is 32.2. The third-order valence-electron chi connectivity index (χ3n) is 1.26. The lowest BCUT2D eigenvalue weighted by Crippen LogP contribution is -2.02. The molecule has 0 spiro atoms. The second kappa shape index (κ2) is 4.72. The maximum atomic E-state index is 10.6. The predicted molar refractivity (Wildman–Crippen MR) is 43.5 cm³/mol. The standard InChI is InChI=1S/C7H15O2S/c1-3-4-5-6-7-10(2,8)9/h3H,4-7H2,1-2H3. The van der Waals surface area contributed by atoms with E-state index in [4.69, 9.17) is 0 Å². The van der Waals surface area contributed by atoms with Crippen molar-refractivity contribution in [2.45, 2.75) is 26.2 Å². The van der Waals surface area contributed by atoms with Crippen LogP contribution in [0, 0.1) is 6.42 Å². The van der Waals surface area contributed by atoms with Crippen LogP contribution in [0.1, 0.15) is 26.2 Å². The molecule has 0 heterocycles. The molecule has 2 nitrogen and oxygen atoms in total. The van der Waals surface area contributed by atoms with Gasteiger partial charge >= 0.3 is 0 Å². The first-order valence-electron chi connectivity index (χ1n) is 3.52. The fourth-order valence-electron chi connectivity index (χ4n) is 0.713. The summed E-state index contributed by atoms with van der Waals surface area (Å²) >= 11 is 0. The number of rotatable bonds is 5. The van der Waals surface area contributed by atoms with Crippen LogP contribution in [0.3, 0.4) is 0 Å². The van der Waals surface area contributed by atoms with E-state index in [1.165, 1.54) is 6.26 Å². The highest BCUT2D eigenvalue weighted by molar-refractivity contribution is 7.90. The van der Waals surface area contributed by atoms with E-state index in [1.54, 1.807) is 0 Å². The molecule has 0 aliphatic heterocycles. The first kappa shape index (κ1) is 9.95. The minimum Gasteiger partial charge on any atom is -0.229 e. The Bertz CT molecular complexity index is 158. The zero-order valence-electron chi connectivity index (χ0n) is 6.63. The molecule has 0 atom stereocenters. The summed E-state index contributed by atoms with van der Waals surface area (Å²) in [5, 5.41) is 0. The third kappa shape index (κ3) is 7.95. The molecule has 0 aromatic heterocycles. The Kier molecular flexibility index (Phi) is 4.69. The fraction of sp³-hybridized carbons (Fsp3) is 0.857. The molecule has 0 rings (SSSR count). The summed E-state index contributed by atoms with van der Waals surface area (Å²) in [6, 6.07) is 0. The summed E-state index contributed by atoms with van der Waals surface area (Å²) in [7, 11) is -2.72. The molecule has 0 N–H and O–H groups in total. The van der Waals surface area contributed by atoms with Gasteiger partial charge in [-0.05, 0) is 12.8 Å². The molecule has 0 aromatic rings. The van der Waals surface area contributed by atoms with Crippen molar-refractivity contribution in [3.8, 4) is 0 Å². The van der Waals surface area contributed by atoms with Gasteiger partial charge in [-0.2, -0.15) is 0 Å². The Balaban J connectivity index is 3.21. The molecule has 10 heavy (non-hydrogen) atoms. The first-order valence-corrected chi connectivity index (χ1v) is 5.58. The van der Waals surface area contributed by atoms with E-state index in [0.29, 0.717) is 5.75 Å². The molecular weight excluding hydrogens is 148 g/mol. The minimum atomic E-state index is -2.72. The molecule has 0 aromatic carbocycles. The van der Waals surface area contributed by atoms with Crippen molar-refractivity contribution in [1.82, 2.24) is 0 Å². The van der Waals surface area contributed by atoms with Gasteiger partial charge in [0.15, 0.2) is 0 Å². The zero-order valence-corrected chi connectivity index (χ0v) is 7.45. The van der Waals surface area contributed by atoms with Gasteiger partial charge in [0, 0.05) is 12.0 Å². The van der Waals surface area contributed by atoms with Crippen molar-refractivity contribution >= 4 is 9.84 Å². The number of unbranched alkanes of at least 4 members (excludes halogenated alkanes) is 3. The van der Waals surface area contributed by atoms with Crippen LogP contribution in [0.4, 0.5) is 0 Å². The van der Waals surface area contributed by atoms with Gasteiger partial charge in [0.1, 0.15) is 9.84 Å². The van der Waals surface area contributed by atoms with Gasteiger partial charge in [0.2, 0.25) is 0 Å². The maximum absolute atomic E-state index is 10.6. The summed E-state index contributed by atoms with van der Waals surface area (Å²) in [6.07, 6.45) is 6.15. The molecule has 0 saturated carbocycles. The lowest BCUT2D eigenvalue weighted by atomic mass is 10.2. The molecule has 0 aliphatic rings. The van der Waals surface area contributed by atoms with Gasteiger partial charge in [-0.3, -0.25) is 0 Å². The SMILES string of the molecule is C[CH]CCCCS(C)(=O)=O. The van der Waals surface area contributed by atoms with Crippen LogP contribution in [0.25, 0.3) is 0 Å². The average Bonchev–Trinajstić information content (AvgIpc) is 1.78. The Morgan fingerprint density at radius 3 is 2.30 bits per heavy atom. The molecule has 61 valence electrons. The molecule has 0 aliphatic carbocycles. The van der Waals surface area contributed by atoms with Gasteiger partial charge in [-0.1, -0.05) is 19.8 Å². The highest BCUT2D eigenvalue weighted by Gasteiger charge is 1.99. The van der Waals surface area contributed by atoms with Crippen LogP contribution >= 0.6 is 0 Å². The zero-order chi connectivity index (χ0) is 8.04. The Hall–Kier alpha value is -0.0500. The van der Waals surface area contributed by atoms with Crippen molar-refractivity contribution in [3.63, 3.8) is 0 Å². The van der Waals surface area contributed by atoms with Crippen molar-refractivity contribution in [2.24, 2.45) is 0 Å². The summed E-state index contributed by atoms with van der Waals surface area (Å²) in [6.45, 7) is 1.99. The van der Waals surface area contributed by atoms with Gasteiger partial charge in [0.25, 0.3) is 0 Å². The largest absolute Gasteiger partial charge is 0.229 e. The van der Waals surface area contributed by atoms with E-state index in [1.807, 2.05) is 6.92 Å². The van der Waals surface area contributed by atoms with Crippen LogP contribution in [-0.4, -0.2) is 20.4 Å². The van der Waals surface area contributed by atoms with Crippen molar-refractivity contribution in [3.05, 3.63) is 6.42 Å². The fourth-order valence-corrected chi connectivity index (χ4v) is 1.44. The van der Waals surface area contributed by atoms with E-state index < -0.39 is 9.84 Å². The van der Waals surface area contributed by atoms with E-state index in [-0.39, 0.29) is 0 Å².